The van der Waals surface area contributed by atoms with Crippen LogP contribution in [0.3, 0.4) is 0 Å². The van der Waals surface area contributed by atoms with Gasteiger partial charge in [-0.05, 0) is 35.5 Å². The van der Waals surface area contributed by atoms with E-state index in [0.29, 0.717) is 23.7 Å². The van der Waals surface area contributed by atoms with Gasteiger partial charge in [0.1, 0.15) is 12.6 Å². The topological polar surface area (TPSA) is 87.7 Å². The highest BCUT2D eigenvalue weighted by Crippen LogP contribution is 2.16. The Labute approximate surface area is 196 Å². The molecule has 1 fully saturated rings. The van der Waals surface area contributed by atoms with Gasteiger partial charge < -0.3 is 15.0 Å². The molecule has 2 aromatic rings. The van der Waals surface area contributed by atoms with Gasteiger partial charge in [0.05, 0.1) is 6.42 Å². The van der Waals surface area contributed by atoms with Crippen LogP contribution in [-0.2, 0) is 25.7 Å². The smallest absolute Gasteiger partial charge is 0.308 e. The van der Waals surface area contributed by atoms with Crippen LogP contribution in [0.5, 0.6) is 0 Å². The summed E-state index contributed by atoms with van der Waals surface area (Å²) < 4.78 is 5.29. The van der Waals surface area contributed by atoms with E-state index < -0.39 is 17.9 Å². The Hall–Kier alpha value is -3.23. The number of hydrogen-bond acceptors (Lipinski definition) is 5. The van der Waals surface area contributed by atoms with Crippen LogP contribution in [0.25, 0.3) is 6.08 Å². The Morgan fingerprint density at radius 1 is 1.19 bits per heavy atom. The predicted molar refractivity (Wildman–Crippen MR) is 126 cm³/mol. The number of nitrogens with one attached hydrogen (secondary N) is 2. The van der Waals surface area contributed by atoms with Gasteiger partial charge >= 0.3 is 5.97 Å². The number of benzene rings is 2. The minimum Gasteiger partial charge on any atom is -0.461 e. The van der Waals surface area contributed by atoms with Gasteiger partial charge in [0, 0.05) is 24.2 Å². The van der Waals surface area contributed by atoms with Crippen LogP contribution in [0.4, 0.5) is 0 Å². The SMILES string of the molecule is O=C(C=Cc1ccccc1Cl)NC(=S)N1CCNC(=O)C1CC(=O)OCc1ccccc1. The van der Waals surface area contributed by atoms with Crippen molar-refractivity contribution in [1.29, 1.82) is 0 Å². The maximum Gasteiger partial charge on any atom is 0.308 e. The first kappa shape index (κ1) is 23.4. The fourth-order valence-electron chi connectivity index (χ4n) is 3.11. The van der Waals surface area contributed by atoms with Crippen molar-refractivity contribution in [2.75, 3.05) is 13.1 Å². The molecule has 32 heavy (non-hydrogen) atoms. The number of esters is 1. The third-order valence-corrected chi connectivity index (χ3v) is 5.42. The molecule has 0 spiro atoms. The van der Waals surface area contributed by atoms with E-state index in [9.17, 15) is 14.4 Å². The number of amides is 2. The quantitative estimate of drug-likeness (QED) is 0.382. The van der Waals surface area contributed by atoms with Crippen LogP contribution in [0, 0.1) is 0 Å². The van der Waals surface area contributed by atoms with E-state index >= 15 is 0 Å². The highest BCUT2D eigenvalue weighted by Gasteiger charge is 2.34. The molecule has 1 unspecified atom stereocenters. The number of rotatable bonds is 6. The van der Waals surface area contributed by atoms with Crippen molar-refractivity contribution >= 4 is 52.8 Å². The largest absolute Gasteiger partial charge is 0.461 e. The molecular weight excluding hydrogens is 450 g/mol. The van der Waals surface area contributed by atoms with Gasteiger partial charge in [-0.15, -0.1) is 0 Å². The Bertz CT molecular complexity index is 1030. The first-order chi connectivity index (χ1) is 15.4. The zero-order valence-electron chi connectivity index (χ0n) is 17.1. The lowest BCUT2D eigenvalue weighted by molar-refractivity contribution is -0.148. The Balaban J connectivity index is 1.58. The summed E-state index contributed by atoms with van der Waals surface area (Å²) in [7, 11) is 0. The van der Waals surface area contributed by atoms with Crippen LogP contribution in [0.1, 0.15) is 17.5 Å². The van der Waals surface area contributed by atoms with Crippen molar-refractivity contribution in [2.45, 2.75) is 19.1 Å². The summed E-state index contributed by atoms with van der Waals surface area (Å²) in [5, 5.41) is 5.87. The highest BCUT2D eigenvalue weighted by atomic mass is 35.5. The number of carbonyl (C=O) groups excluding carboxylic acids is 3. The average Bonchev–Trinajstić information content (AvgIpc) is 2.79. The van der Waals surface area contributed by atoms with Crippen molar-refractivity contribution in [3.05, 3.63) is 76.8 Å². The molecule has 0 bridgehead atoms. The molecule has 1 atom stereocenters. The maximum absolute atomic E-state index is 12.4. The van der Waals surface area contributed by atoms with E-state index in [4.69, 9.17) is 28.6 Å². The molecule has 2 aromatic carbocycles. The molecule has 0 aromatic heterocycles. The molecular formula is C23H22ClN3O4S. The molecule has 2 amide bonds. The molecule has 0 aliphatic carbocycles. The van der Waals surface area contributed by atoms with E-state index in [1.54, 1.807) is 24.3 Å². The summed E-state index contributed by atoms with van der Waals surface area (Å²) in [6.07, 6.45) is 2.69. The normalized spacial score (nSPS) is 15.8. The molecule has 1 aliphatic heterocycles. The lowest BCUT2D eigenvalue weighted by Crippen LogP contribution is -2.60. The van der Waals surface area contributed by atoms with E-state index in [0.717, 1.165) is 5.56 Å². The fourth-order valence-corrected chi connectivity index (χ4v) is 3.63. The average molecular weight is 472 g/mol. The van der Waals surface area contributed by atoms with Crippen molar-refractivity contribution in [1.82, 2.24) is 15.5 Å². The molecule has 2 N–H and O–H groups in total. The molecule has 7 nitrogen and oxygen atoms in total. The number of carbonyl (C=O) groups is 3. The summed E-state index contributed by atoms with van der Waals surface area (Å²) in [6, 6.07) is 15.5. The predicted octanol–water partition coefficient (Wildman–Crippen LogP) is 2.69. The van der Waals surface area contributed by atoms with Gasteiger partial charge in [-0.1, -0.05) is 60.1 Å². The number of nitrogens with zero attached hydrogens (tertiary/aromatic N) is 1. The number of hydrogen-bond donors (Lipinski definition) is 2. The molecule has 0 saturated carbocycles. The number of ether oxygens (including phenoxy) is 1. The van der Waals surface area contributed by atoms with Crippen LogP contribution >= 0.6 is 23.8 Å². The summed E-state index contributed by atoms with van der Waals surface area (Å²) in [5.41, 5.74) is 1.53. The summed E-state index contributed by atoms with van der Waals surface area (Å²) >= 11 is 11.4. The van der Waals surface area contributed by atoms with Gasteiger partial charge in [0.2, 0.25) is 11.8 Å². The second kappa shape index (κ2) is 11.4. The zero-order chi connectivity index (χ0) is 22.9. The summed E-state index contributed by atoms with van der Waals surface area (Å²) in [5.74, 6) is -1.35. The number of piperazine rings is 1. The monoisotopic (exact) mass is 471 g/mol. The zero-order valence-corrected chi connectivity index (χ0v) is 18.7. The molecule has 0 radical (unpaired) electrons. The molecule has 1 saturated heterocycles. The first-order valence-corrected chi connectivity index (χ1v) is 10.7. The van der Waals surface area contributed by atoms with Gasteiger partial charge in [-0.2, -0.15) is 0 Å². The summed E-state index contributed by atoms with van der Waals surface area (Å²) in [4.78, 5) is 38.6. The second-order valence-electron chi connectivity index (χ2n) is 7.00. The second-order valence-corrected chi connectivity index (χ2v) is 7.79. The van der Waals surface area contributed by atoms with Crippen LogP contribution < -0.4 is 10.6 Å². The molecule has 9 heteroatoms. The van der Waals surface area contributed by atoms with Crippen LogP contribution in [0.2, 0.25) is 5.02 Å². The molecule has 1 aliphatic rings. The summed E-state index contributed by atoms with van der Waals surface area (Å²) in [6.45, 7) is 0.817. The fraction of sp³-hybridized carbons (Fsp3) is 0.217. The highest BCUT2D eigenvalue weighted by molar-refractivity contribution is 7.80. The third-order valence-electron chi connectivity index (χ3n) is 4.74. The van der Waals surface area contributed by atoms with Crippen molar-refractivity contribution < 1.29 is 19.1 Å². The number of thiocarbonyl (C=S) groups is 1. The van der Waals surface area contributed by atoms with Crippen molar-refractivity contribution in [3.63, 3.8) is 0 Å². The van der Waals surface area contributed by atoms with Crippen molar-refractivity contribution in [3.8, 4) is 0 Å². The first-order valence-electron chi connectivity index (χ1n) is 9.95. The van der Waals surface area contributed by atoms with Gasteiger partial charge in [-0.25, -0.2) is 0 Å². The molecule has 3 rings (SSSR count). The molecule has 166 valence electrons. The van der Waals surface area contributed by atoms with Gasteiger partial charge in [0.15, 0.2) is 5.11 Å². The van der Waals surface area contributed by atoms with E-state index in [-0.39, 0.29) is 24.0 Å². The lowest BCUT2D eigenvalue weighted by atomic mass is 10.1. The van der Waals surface area contributed by atoms with E-state index in [1.807, 2.05) is 36.4 Å². The van der Waals surface area contributed by atoms with Crippen molar-refractivity contribution in [2.24, 2.45) is 0 Å². The Morgan fingerprint density at radius 2 is 1.91 bits per heavy atom. The van der Waals surface area contributed by atoms with Crippen LogP contribution in [0.15, 0.2) is 60.7 Å². The third kappa shape index (κ3) is 6.63. The Morgan fingerprint density at radius 3 is 2.66 bits per heavy atom. The lowest BCUT2D eigenvalue weighted by Gasteiger charge is -2.36. The standard InChI is InChI=1S/C23H22ClN3O4S/c24-18-9-5-4-8-17(18)10-11-20(28)26-23(32)27-13-12-25-22(30)19(27)14-21(29)31-15-16-6-2-1-3-7-16/h1-11,19H,12-15H2,(H,25,30)(H,26,28,32). The number of halogens is 1. The molecule has 1 heterocycles. The maximum atomic E-state index is 12.4. The van der Waals surface area contributed by atoms with Crippen LogP contribution in [-0.4, -0.2) is 46.9 Å². The van der Waals surface area contributed by atoms with E-state index in [2.05, 4.69) is 10.6 Å². The Kier molecular flexibility index (Phi) is 8.35. The van der Waals surface area contributed by atoms with Gasteiger partial charge in [0.25, 0.3) is 0 Å². The minimum absolute atomic E-state index is 0.0644. The van der Waals surface area contributed by atoms with E-state index in [1.165, 1.54) is 11.0 Å². The minimum atomic E-state index is -0.868. The van der Waals surface area contributed by atoms with Gasteiger partial charge in [-0.3, -0.25) is 19.7 Å².